The number of aliphatic hydroxyl groups is 1. The van der Waals surface area contributed by atoms with Crippen LogP contribution in [0.1, 0.15) is 46.5 Å². The fraction of sp³-hybridized carbons (Fsp3) is 0.316. The van der Waals surface area contributed by atoms with Crippen LogP contribution in [0.4, 0.5) is 5.69 Å². The zero-order chi connectivity index (χ0) is 18.5. The molecule has 1 aromatic carbocycles. The first-order valence-corrected chi connectivity index (χ1v) is 8.48. The lowest BCUT2D eigenvalue weighted by Crippen LogP contribution is -2.34. The monoisotopic (exact) mass is 356 g/mol. The highest BCUT2D eigenvalue weighted by Gasteiger charge is 2.24. The Kier molecular flexibility index (Phi) is 5.48. The summed E-state index contributed by atoms with van der Waals surface area (Å²) >= 11 is 0. The summed E-state index contributed by atoms with van der Waals surface area (Å²) in [5.74, 6) is -0.989. The molecule has 1 aliphatic rings. The number of ether oxygens (including phenoxy) is 1. The first-order valence-electron chi connectivity index (χ1n) is 8.48. The number of nitrogens with zero attached hydrogens (tertiary/aromatic N) is 1. The number of nitrogens with one attached hydrogen (secondary N) is 1. The Labute approximate surface area is 150 Å². The third-order valence-electron chi connectivity index (χ3n) is 4.31. The van der Waals surface area contributed by atoms with Gasteiger partial charge in [-0.25, -0.2) is 4.79 Å². The zero-order valence-electron chi connectivity index (χ0n) is 14.1. The van der Waals surface area contributed by atoms with Crippen molar-refractivity contribution in [3.63, 3.8) is 0 Å². The van der Waals surface area contributed by atoms with Crippen LogP contribution in [-0.2, 0) is 0 Å². The van der Waals surface area contributed by atoms with E-state index in [4.69, 9.17) is 9.84 Å². The van der Waals surface area contributed by atoms with Crippen LogP contribution in [0.3, 0.4) is 0 Å². The Morgan fingerprint density at radius 2 is 1.85 bits per heavy atom. The average molecular weight is 356 g/mol. The number of rotatable bonds is 5. The van der Waals surface area contributed by atoms with E-state index in [2.05, 4.69) is 10.3 Å². The van der Waals surface area contributed by atoms with Gasteiger partial charge in [-0.3, -0.25) is 9.78 Å². The molecule has 1 saturated carbocycles. The van der Waals surface area contributed by atoms with Crippen LogP contribution in [0.25, 0.3) is 0 Å². The first kappa shape index (κ1) is 17.9. The number of hydrogen-bond donors (Lipinski definition) is 3. The summed E-state index contributed by atoms with van der Waals surface area (Å²) in [4.78, 5) is 27.1. The van der Waals surface area contributed by atoms with Gasteiger partial charge in [-0.05, 0) is 55.7 Å². The van der Waals surface area contributed by atoms with Gasteiger partial charge in [0.2, 0.25) is 0 Å². The number of aromatic carboxylic acids is 1. The van der Waals surface area contributed by atoms with E-state index in [0.29, 0.717) is 11.4 Å². The smallest absolute Gasteiger partial charge is 0.335 e. The lowest BCUT2D eigenvalue weighted by Gasteiger charge is -2.28. The standard InChI is InChI=1S/C19H20N2O5/c22-16-3-1-2-4-17(16)26-14-7-5-13(6-8-14)21-18(23)15-11-12(19(24)25)9-10-20-15/h5-11,16-17,22H,1-4H2,(H,21,23)(H,24,25). The molecular weight excluding hydrogens is 336 g/mol. The van der Waals surface area contributed by atoms with Gasteiger partial charge in [0.05, 0.1) is 11.7 Å². The van der Waals surface area contributed by atoms with Crippen molar-refractivity contribution < 1.29 is 24.5 Å². The zero-order valence-corrected chi connectivity index (χ0v) is 14.1. The van der Waals surface area contributed by atoms with Crippen LogP contribution in [0.2, 0.25) is 0 Å². The fourth-order valence-electron chi connectivity index (χ4n) is 2.89. The number of anilines is 1. The van der Waals surface area contributed by atoms with Crippen molar-refractivity contribution in [2.45, 2.75) is 37.9 Å². The number of carboxylic acid groups (broad SMARTS) is 1. The molecule has 0 bridgehead atoms. The van der Waals surface area contributed by atoms with Gasteiger partial charge >= 0.3 is 5.97 Å². The summed E-state index contributed by atoms with van der Waals surface area (Å²) < 4.78 is 5.81. The summed E-state index contributed by atoms with van der Waals surface area (Å²) in [6.45, 7) is 0. The van der Waals surface area contributed by atoms with Gasteiger partial charge in [0.25, 0.3) is 5.91 Å². The summed E-state index contributed by atoms with van der Waals surface area (Å²) in [7, 11) is 0. The SMILES string of the molecule is O=C(O)c1ccnc(C(=O)Nc2ccc(OC3CCCCC3O)cc2)c1. The summed E-state index contributed by atoms with van der Waals surface area (Å²) in [5.41, 5.74) is 0.560. The molecule has 2 atom stereocenters. The molecule has 1 heterocycles. The number of aliphatic hydroxyl groups excluding tert-OH is 1. The second kappa shape index (κ2) is 7.97. The minimum atomic E-state index is -1.12. The normalized spacial score (nSPS) is 19.6. The number of pyridine rings is 1. The number of carboxylic acids is 1. The number of hydrogen-bond acceptors (Lipinski definition) is 5. The first-order chi connectivity index (χ1) is 12.5. The molecule has 7 nitrogen and oxygen atoms in total. The highest BCUT2D eigenvalue weighted by molar-refractivity contribution is 6.04. The topological polar surface area (TPSA) is 109 Å². The number of carbonyl (C=O) groups is 2. The van der Waals surface area contributed by atoms with E-state index in [-0.39, 0.29) is 17.4 Å². The van der Waals surface area contributed by atoms with E-state index in [1.807, 2.05) is 0 Å². The molecule has 26 heavy (non-hydrogen) atoms. The predicted molar refractivity (Wildman–Crippen MR) is 94.5 cm³/mol. The van der Waals surface area contributed by atoms with Gasteiger partial charge in [0.1, 0.15) is 17.5 Å². The molecule has 0 saturated heterocycles. The largest absolute Gasteiger partial charge is 0.488 e. The molecule has 2 unspecified atom stereocenters. The molecule has 3 N–H and O–H groups in total. The van der Waals surface area contributed by atoms with Crippen molar-refractivity contribution in [3.05, 3.63) is 53.9 Å². The van der Waals surface area contributed by atoms with Crippen LogP contribution in [-0.4, -0.2) is 39.3 Å². The van der Waals surface area contributed by atoms with Gasteiger partial charge in [-0.2, -0.15) is 0 Å². The van der Waals surface area contributed by atoms with Gasteiger partial charge in [-0.15, -0.1) is 0 Å². The van der Waals surface area contributed by atoms with E-state index < -0.39 is 18.0 Å². The van der Waals surface area contributed by atoms with Crippen molar-refractivity contribution in [2.75, 3.05) is 5.32 Å². The lowest BCUT2D eigenvalue weighted by molar-refractivity contribution is 0.00688. The number of carbonyl (C=O) groups excluding carboxylic acids is 1. The molecule has 0 aliphatic heterocycles. The molecule has 136 valence electrons. The van der Waals surface area contributed by atoms with E-state index in [1.165, 1.54) is 18.3 Å². The Hall–Kier alpha value is -2.93. The van der Waals surface area contributed by atoms with Crippen LogP contribution < -0.4 is 10.1 Å². The lowest BCUT2D eigenvalue weighted by atomic mass is 9.95. The molecule has 7 heteroatoms. The molecule has 2 aromatic rings. The average Bonchev–Trinajstić information content (AvgIpc) is 2.65. The second-order valence-electron chi connectivity index (χ2n) is 6.22. The summed E-state index contributed by atoms with van der Waals surface area (Å²) in [6, 6.07) is 9.35. The number of aromatic nitrogens is 1. The molecule has 1 aromatic heterocycles. The van der Waals surface area contributed by atoms with Gasteiger partial charge in [-0.1, -0.05) is 6.42 Å². The minimum absolute atomic E-state index is 0.0000578. The van der Waals surface area contributed by atoms with Crippen LogP contribution in [0, 0.1) is 0 Å². The Morgan fingerprint density at radius 1 is 1.12 bits per heavy atom. The van der Waals surface area contributed by atoms with Crippen LogP contribution >= 0.6 is 0 Å². The van der Waals surface area contributed by atoms with Gasteiger partial charge < -0.3 is 20.3 Å². The van der Waals surface area contributed by atoms with Crippen molar-refractivity contribution >= 4 is 17.6 Å². The van der Waals surface area contributed by atoms with E-state index in [9.17, 15) is 14.7 Å². The second-order valence-corrected chi connectivity index (χ2v) is 6.22. The Balaban J connectivity index is 1.62. The Morgan fingerprint density at radius 3 is 2.54 bits per heavy atom. The summed E-state index contributed by atoms with van der Waals surface area (Å²) in [6.07, 6.45) is 4.27. The molecule has 0 spiro atoms. The molecule has 3 rings (SSSR count). The third kappa shape index (κ3) is 4.37. The molecule has 1 fully saturated rings. The predicted octanol–water partition coefficient (Wildman–Crippen LogP) is 2.71. The number of amides is 1. The maximum Gasteiger partial charge on any atom is 0.335 e. The fourth-order valence-corrected chi connectivity index (χ4v) is 2.89. The molecule has 1 amide bonds. The van der Waals surface area contributed by atoms with Crippen molar-refractivity contribution in [2.24, 2.45) is 0 Å². The molecular formula is C19H20N2O5. The highest BCUT2D eigenvalue weighted by Crippen LogP contribution is 2.25. The van der Waals surface area contributed by atoms with E-state index in [1.54, 1.807) is 24.3 Å². The third-order valence-corrected chi connectivity index (χ3v) is 4.31. The Bertz CT molecular complexity index is 791. The minimum Gasteiger partial charge on any atom is -0.488 e. The maximum absolute atomic E-state index is 12.2. The highest BCUT2D eigenvalue weighted by atomic mass is 16.5. The maximum atomic E-state index is 12.2. The van der Waals surface area contributed by atoms with E-state index >= 15 is 0 Å². The number of benzene rings is 1. The summed E-state index contributed by atoms with van der Waals surface area (Å²) in [5, 5.41) is 21.6. The van der Waals surface area contributed by atoms with Crippen LogP contribution in [0.5, 0.6) is 5.75 Å². The van der Waals surface area contributed by atoms with Gasteiger partial charge in [0.15, 0.2) is 0 Å². The van der Waals surface area contributed by atoms with Crippen molar-refractivity contribution in [1.82, 2.24) is 4.98 Å². The van der Waals surface area contributed by atoms with E-state index in [0.717, 1.165) is 25.7 Å². The van der Waals surface area contributed by atoms with Crippen LogP contribution in [0.15, 0.2) is 42.6 Å². The molecule has 0 radical (unpaired) electrons. The quantitative estimate of drug-likeness (QED) is 0.760. The molecule has 1 aliphatic carbocycles. The van der Waals surface area contributed by atoms with Crippen molar-refractivity contribution in [1.29, 1.82) is 0 Å². The van der Waals surface area contributed by atoms with Crippen molar-refractivity contribution in [3.8, 4) is 5.75 Å². The van der Waals surface area contributed by atoms with Gasteiger partial charge in [0, 0.05) is 11.9 Å².